The van der Waals surface area contributed by atoms with Gasteiger partial charge in [0, 0.05) is 10.7 Å². The predicted octanol–water partition coefficient (Wildman–Crippen LogP) is 4.35. The molecule has 2 aromatic rings. The second kappa shape index (κ2) is 5.46. The molecule has 0 aliphatic heterocycles. The zero-order valence-electron chi connectivity index (χ0n) is 9.99. The third-order valence-electron chi connectivity index (χ3n) is 2.91. The summed E-state index contributed by atoms with van der Waals surface area (Å²) in [5.74, 6) is 0. The van der Waals surface area contributed by atoms with Crippen LogP contribution in [0.4, 0.5) is 0 Å². The second-order valence-electron chi connectivity index (χ2n) is 4.09. The molecule has 2 heteroatoms. The molecule has 1 heterocycles. The van der Waals surface area contributed by atoms with E-state index < -0.39 is 0 Å². The van der Waals surface area contributed by atoms with Crippen molar-refractivity contribution < 1.29 is 0 Å². The van der Waals surface area contributed by atoms with Crippen LogP contribution in [0.3, 0.4) is 0 Å². The molecule has 0 bridgehead atoms. The van der Waals surface area contributed by atoms with Gasteiger partial charge in [0.1, 0.15) is 0 Å². The van der Waals surface area contributed by atoms with Crippen molar-refractivity contribution in [2.45, 2.75) is 32.7 Å². The lowest BCUT2D eigenvalue weighted by Gasteiger charge is -2.16. The summed E-state index contributed by atoms with van der Waals surface area (Å²) < 4.78 is 1.40. The Balaban J connectivity index is 2.36. The van der Waals surface area contributed by atoms with Gasteiger partial charge in [0.2, 0.25) is 0 Å². The van der Waals surface area contributed by atoms with E-state index in [0.29, 0.717) is 6.04 Å². The van der Waals surface area contributed by atoms with Crippen molar-refractivity contribution in [2.75, 3.05) is 6.54 Å². The minimum absolute atomic E-state index is 0.520. The first-order chi connectivity index (χ1) is 7.86. The molecule has 1 aromatic carbocycles. The quantitative estimate of drug-likeness (QED) is 0.809. The molecule has 0 aliphatic rings. The fraction of sp³-hybridized carbons (Fsp3) is 0.429. The first kappa shape index (κ1) is 11.6. The van der Waals surface area contributed by atoms with Crippen LogP contribution in [0.15, 0.2) is 29.6 Å². The second-order valence-corrected chi connectivity index (χ2v) is 5.00. The van der Waals surface area contributed by atoms with Crippen LogP contribution in [-0.4, -0.2) is 6.54 Å². The van der Waals surface area contributed by atoms with Crippen LogP contribution in [0.2, 0.25) is 0 Å². The maximum Gasteiger partial charge on any atom is 0.0346 e. The van der Waals surface area contributed by atoms with Crippen molar-refractivity contribution in [3.8, 4) is 0 Å². The fourth-order valence-electron chi connectivity index (χ4n) is 2.17. The van der Waals surface area contributed by atoms with Crippen molar-refractivity contribution in [3.63, 3.8) is 0 Å². The van der Waals surface area contributed by atoms with Crippen LogP contribution in [-0.2, 0) is 0 Å². The van der Waals surface area contributed by atoms with Gasteiger partial charge in [0.15, 0.2) is 0 Å². The summed E-state index contributed by atoms with van der Waals surface area (Å²) in [4.78, 5) is 0. The lowest BCUT2D eigenvalue weighted by molar-refractivity contribution is 0.513. The molecule has 1 aromatic heterocycles. The molecular weight excluding hydrogens is 214 g/mol. The number of thiophene rings is 1. The molecule has 1 unspecified atom stereocenters. The minimum Gasteiger partial charge on any atom is -0.310 e. The van der Waals surface area contributed by atoms with Gasteiger partial charge >= 0.3 is 0 Å². The summed E-state index contributed by atoms with van der Waals surface area (Å²) in [6.45, 7) is 5.46. The van der Waals surface area contributed by atoms with E-state index >= 15 is 0 Å². The Hall–Kier alpha value is -0.860. The zero-order chi connectivity index (χ0) is 11.4. The molecule has 1 atom stereocenters. The molecule has 0 fully saturated rings. The summed E-state index contributed by atoms with van der Waals surface area (Å²) in [5, 5.41) is 7.32. The van der Waals surface area contributed by atoms with E-state index in [1.54, 1.807) is 0 Å². The summed E-state index contributed by atoms with van der Waals surface area (Å²) in [6.07, 6.45) is 2.44. The number of fused-ring (bicyclic) bond motifs is 1. The maximum atomic E-state index is 3.58. The third kappa shape index (κ3) is 2.28. The monoisotopic (exact) mass is 233 g/mol. The van der Waals surface area contributed by atoms with Crippen molar-refractivity contribution in [1.82, 2.24) is 5.32 Å². The number of rotatable bonds is 5. The lowest BCUT2D eigenvalue weighted by atomic mass is 10.0. The van der Waals surface area contributed by atoms with E-state index in [1.807, 2.05) is 11.3 Å². The van der Waals surface area contributed by atoms with Crippen molar-refractivity contribution >= 4 is 21.4 Å². The van der Waals surface area contributed by atoms with E-state index in [4.69, 9.17) is 0 Å². The van der Waals surface area contributed by atoms with E-state index in [-0.39, 0.29) is 0 Å². The van der Waals surface area contributed by atoms with E-state index in [9.17, 15) is 0 Å². The van der Waals surface area contributed by atoms with Crippen LogP contribution >= 0.6 is 11.3 Å². The Bertz CT molecular complexity index is 441. The smallest absolute Gasteiger partial charge is 0.0346 e. The largest absolute Gasteiger partial charge is 0.310 e. The Morgan fingerprint density at radius 1 is 1.25 bits per heavy atom. The summed E-state index contributed by atoms with van der Waals surface area (Å²) in [5.41, 5.74) is 1.48. The van der Waals surface area contributed by atoms with Gasteiger partial charge in [-0.25, -0.2) is 0 Å². The van der Waals surface area contributed by atoms with E-state index in [2.05, 4.69) is 48.8 Å². The fourth-order valence-corrected chi connectivity index (χ4v) is 3.19. The predicted molar refractivity (Wildman–Crippen MR) is 73.2 cm³/mol. The zero-order valence-corrected chi connectivity index (χ0v) is 10.8. The molecule has 1 N–H and O–H groups in total. The van der Waals surface area contributed by atoms with Gasteiger partial charge in [0.05, 0.1) is 0 Å². The Morgan fingerprint density at radius 3 is 2.81 bits per heavy atom. The summed E-state index contributed by atoms with van der Waals surface area (Å²) in [7, 11) is 0. The highest BCUT2D eigenvalue weighted by Crippen LogP contribution is 2.31. The highest BCUT2D eigenvalue weighted by Gasteiger charge is 2.13. The van der Waals surface area contributed by atoms with Crippen molar-refractivity contribution in [3.05, 3.63) is 35.2 Å². The van der Waals surface area contributed by atoms with Crippen LogP contribution in [0.5, 0.6) is 0 Å². The van der Waals surface area contributed by atoms with Gasteiger partial charge in [-0.2, -0.15) is 0 Å². The number of nitrogens with one attached hydrogen (secondary N) is 1. The minimum atomic E-state index is 0.520. The molecule has 0 saturated carbocycles. The van der Waals surface area contributed by atoms with Gasteiger partial charge in [-0.1, -0.05) is 38.5 Å². The molecule has 0 aliphatic carbocycles. The van der Waals surface area contributed by atoms with Crippen LogP contribution in [0.1, 0.15) is 38.3 Å². The number of hydrogen-bond donors (Lipinski definition) is 1. The molecular formula is C14H19NS. The molecule has 0 radical (unpaired) electrons. The molecule has 16 heavy (non-hydrogen) atoms. The normalized spacial score (nSPS) is 13.1. The third-order valence-corrected chi connectivity index (χ3v) is 3.90. The first-order valence-corrected chi connectivity index (χ1v) is 6.94. The van der Waals surface area contributed by atoms with Gasteiger partial charge in [-0.15, -0.1) is 11.3 Å². The number of hydrogen-bond acceptors (Lipinski definition) is 2. The van der Waals surface area contributed by atoms with Crippen molar-refractivity contribution in [2.24, 2.45) is 0 Å². The molecule has 1 nitrogen and oxygen atoms in total. The van der Waals surface area contributed by atoms with Gasteiger partial charge in [-0.05, 0) is 35.4 Å². The van der Waals surface area contributed by atoms with Gasteiger partial charge in [-0.3, -0.25) is 0 Å². The van der Waals surface area contributed by atoms with Crippen molar-refractivity contribution in [1.29, 1.82) is 0 Å². The molecule has 2 rings (SSSR count). The maximum absolute atomic E-state index is 3.58. The van der Waals surface area contributed by atoms with E-state index in [0.717, 1.165) is 6.54 Å². The highest BCUT2D eigenvalue weighted by molar-refractivity contribution is 7.17. The molecule has 0 amide bonds. The molecule has 0 saturated heterocycles. The van der Waals surface area contributed by atoms with Gasteiger partial charge in [0.25, 0.3) is 0 Å². The number of benzene rings is 1. The Kier molecular flexibility index (Phi) is 3.97. The average Bonchev–Trinajstić information content (AvgIpc) is 2.72. The molecule has 86 valence electrons. The van der Waals surface area contributed by atoms with E-state index in [1.165, 1.54) is 28.5 Å². The summed E-state index contributed by atoms with van der Waals surface area (Å²) >= 11 is 1.85. The Labute approximate surface area is 101 Å². The Morgan fingerprint density at radius 2 is 2.06 bits per heavy atom. The SMILES string of the molecule is CCCC(NCC)c1csc2ccccc12. The van der Waals surface area contributed by atoms with Gasteiger partial charge < -0.3 is 5.32 Å². The van der Waals surface area contributed by atoms with Crippen LogP contribution in [0.25, 0.3) is 10.1 Å². The van der Waals surface area contributed by atoms with Crippen LogP contribution in [0, 0.1) is 0 Å². The standard InChI is InChI=1S/C14H19NS/c1-3-7-13(15-4-2)12-10-16-14-9-6-5-8-11(12)14/h5-6,8-10,13,15H,3-4,7H2,1-2H3. The molecule has 0 spiro atoms. The average molecular weight is 233 g/mol. The topological polar surface area (TPSA) is 12.0 Å². The lowest BCUT2D eigenvalue weighted by Crippen LogP contribution is -2.20. The first-order valence-electron chi connectivity index (χ1n) is 6.06. The highest BCUT2D eigenvalue weighted by atomic mass is 32.1. The summed E-state index contributed by atoms with van der Waals surface area (Å²) in [6, 6.07) is 9.21. The van der Waals surface area contributed by atoms with Crippen LogP contribution < -0.4 is 5.32 Å².